The molecule has 0 spiro atoms. The molecule has 0 aliphatic carbocycles. The minimum absolute atomic E-state index is 0.0470. The summed E-state index contributed by atoms with van der Waals surface area (Å²) >= 11 is 6.19. The fraction of sp³-hybridized carbons (Fsp3) is 0.400. The van der Waals surface area contributed by atoms with Crippen LogP contribution in [0.4, 0.5) is 0 Å². The summed E-state index contributed by atoms with van der Waals surface area (Å²) in [6.45, 7) is 7.80. The second kappa shape index (κ2) is 13.5. The molecular weight excluding hydrogens is 557 g/mol. The lowest BCUT2D eigenvalue weighted by molar-refractivity contribution is -0.144. The molecule has 1 aliphatic heterocycles. The molecule has 2 amide bonds. The standard InChI is InChI=1S/C30H37BClN5O5/c1-19(2)13-27(31(40)41)34-29(39)30(16-21-9-8-12-23(32)14-21)17-24(36-42-30)18-33-28(38)26-15-25(35-37(26)20(3)4)22-10-6-5-7-11-22/h5-12,14-15,19-20,27,40-41H,13,16-18H2,1-4H3,(H,33,38)(H,34,39)/t27-,30?/m0/s1. The number of benzene rings is 2. The van der Waals surface area contributed by atoms with Gasteiger partial charge in [0, 0.05) is 29.5 Å². The van der Waals surface area contributed by atoms with Crippen LogP contribution in [0.5, 0.6) is 0 Å². The Bertz CT molecular complexity index is 1430. The molecule has 42 heavy (non-hydrogen) atoms. The number of rotatable bonds is 12. The molecule has 222 valence electrons. The van der Waals surface area contributed by atoms with Crippen molar-refractivity contribution >= 4 is 36.2 Å². The van der Waals surface area contributed by atoms with Gasteiger partial charge in [0.15, 0.2) is 0 Å². The highest BCUT2D eigenvalue weighted by molar-refractivity contribution is 6.43. The molecule has 2 aromatic carbocycles. The number of hydrogen-bond donors (Lipinski definition) is 4. The Balaban J connectivity index is 1.51. The topological polar surface area (TPSA) is 138 Å². The Labute approximate surface area is 251 Å². The first-order valence-electron chi connectivity index (χ1n) is 14.1. The van der Waals surface area contributed by atoms with Gasteiger partial charge in [-0.25, -0.2) is 0 Å². The van der Waals surface area contributed by atoms with Crippen molar-refractivity contribution in [2.75, 3.05) is 6.54 Å². The third-order valence-corrected chi connectivity index (χ3v) is 7.25. The Kier molecular flexibility index (Phi) is 10.1. The van der Waals surface area contributed by atoms with Crippen LogP contribution in [0.25, 0.3) is 11.3 Å². The molecule has 10 nitrogen and oxygen atoms in total. The largest absolute Gasteiger partial charge is 0.475 e. The fourth-order valence-corrected chi connectivity index (χ4v) is 5.17. The third-order valence-electron chi connectivity index (χ3n) is 7.01. The van der Waals surface area contributed by atoms with Gasteiger partial charge in [-0.3, -0.25) is 14.3 Å². The van der Waals surface area contributed by atoms with E-state index in [1.807, 2.05) is 64.1 Å². The zero-order chi connectivity index (χ0) is 30.4. The molecule has 2 heterocycles. The average Bonchev–Trinajstić information content (AvgIpc) is 3.57. The molecule has 0 saturated heterocycles. The number of halogens is 1. The predicted molar refractivity (Wildman–Crippen MR) is 163 cm³/mol. The molecule has 0 bridgehead atoms. The van der Waals surface area contributed by atoms with Crippen LogP contribution in [0.2, 0.25) is 5.02 Å². The minimum atomic E-state index is -1.74. The van der Waals surface area contributed by atoms with Crippen molar-refractivity contribution in [3.05, 3.63) is 76.9 Å². The van der Waals surface area contributed by atoms with Crippen LogP contribution in [0.15, 0.2) is 65.8 Å². The molecule has 4 rings (SSSR count). The van der Waals surface area contributed by atoms with Gasteiger partial charge in [-0.05, 0) is 49.9 Å². The predicted octanol–water partition coefficient (Wildman–Crippen LogP) is 3.81. The van der Waals surface area contributed by atoms with Crippen LogP contribution in [0.3, 0.4) is 0 Å². The molecule has 2 atom stereocenters. The first-order chi connectivity index (χ1) is 20.0. The smallest absolute Gasteiger partial charge is 0.426 e. The van der Waals surface area contributed by atoms with Crippen molar-refractivity contribution in [1.29, 1.82) is 0 Å². The minimum Gasteiger partial charge on any atom is -0.426 e. The highest BCUT2D eigenvalue weighted by Gasteiger charge is 2.48. The summed E-state index contributed by atoms with van der Waals surface area (Å²) in [6, 6.07) is 18.4. The van der Waals surface area contributed by atoms with E-state index >= 15 is 0 Å². The van der Waals surface area contributed by atoms with Crippen LogP contribution in [0, 0.1) is 5.92 Å². The Morgan fingerprint density at radius 3 is 2.48 bits per heavy atom. The van der Waals surface area contributed by atoms with E-state index in [0.717, 1.165) is 11.1 Å². The van der Waals surface area contributed by atoms with Crippen molar-refractivity contribution in [2.45, 2.75) is 64.5 Å². The Hall–Kier alpha value is -3.67. The molecule has 3 aromatic rings. The second-order valence-corrected chi connectivity index (χ2v) is 11.8. The van der Waals surface area contributed by atoms with Crippen molar-refractivity contribution in [2.24, 2.45) is 11.1 Å². The van der Waals surface area contributed by atoms with Crippen LogP contribution in [-0.2, 0) is 16.1 Å². The van der Waals surface area contributed by atoms with Gasteiger partial charge in [0.25, 0.3) is 11.8 Å². The molecule has 1 aromatic heterocycles. The van der Waals surface area contributed by atoms with Gasteiger partial charge < -0.3 is 25.5 Å². The number of amides is 2. The molecule has 1 aliphatic rings. The summed E-state index contributed by atoms with van der Waals surface area (Å²) in [5, 5.41) is 34.8. The summed E-state index contributed by atoms with van der Waals surface area (Å²) in [4.78, 5) is 32.8. The van der Waals surface area contributed by atoms with Gasteiger partial charge in [0.1, 0.15) is 5.69 Å². The number of nitrogens with one attached hydrogen (secondary N) is 2. The van der Waals surface area contributed by atoms with Crippen molar-refractivity contribution in [3.8, 4) is 11.3 Å². The number of carbonyl (C=O) groups excluding carboxylic acids is 2. The van der Waals surface area contributed by atoms with Crippen LogP contribution >= 0.6 is 11.6 Å². The van der Waals surface area contributed by atoms with Crippen molar-refractivity contribution in [1.82, 2.24) is 20.4 Å². The summed E-state index contributed by atoms with van der Waals surface area (Å²) in [7, 11) is -1.74. The SMILES string of the molecule is CC(C)C[C@H](NC(=O)C1(Cc2cccc(Cl)c2)CC(CNC(=O)c2cc(-c3ccccc3)nn2C(C)C)=NO1)B(O)O. The lowest BCUT2D eigenvalue weighted by Gasteiger charge is -2.29. The van der Waals surface area contributed by atoms with Crippen LogP contribution in [-0.4, -0.2) is 62.6 Å². The molecular formula is C30H37BClN5O5. The quantitative estimate of drug-likeness (QED) is 0.236. The number of aromatic nitrogens is 2. The van der Waals surface area contributed by atoms with Gasteiger partial charge in [0.2, 0.25) is 5.60 Å². The first-order valence-corrected chi connectivity index (χ1v) is 14.4. The number of nitrogens with zero attached hydrogens (tertiary/aromatic N) is 3. The fourth-order valence-electron chi connectivity index (χ4n) is 4.96. The average molecular weight is 594 g/mol. The maximum absolute atomic E-state index is 13.7. The van der Waals surface area contributed by atoms with Crippen LogP contribution in [0.1, 0.15) is 62.6 Å². The van der Waals surface area contributed by atoms with Gasteiger partial charge in [-0.15, -0.1) is 0 Å². The highest BCUT2D eigenvalue weighted by Crippen LogP contribution is 2.30. The third kappa shape index (κ3) is 7.59. The molecule has 0 fully saturated rings. The lowest BCUT2D eigenvalue weighted by atomic mass is 9.74. The van der Waals surface area contributed by atoms with E-state index in [2.05, 4.69) is 20.9 Å². The summed E-state index contributed by atoms with van der Waals surface area (Å²) in [5.41, 5.74) is 1.74. The number of carbonyl (C=O) groups is 2. The van der Waals surface area contributed by atoms with Crippen molar-refractivity contribution < 1.29 is 24.5 Å². The zero-order valence-electron chi connectivity index (χ0n) is 24.3. The van der Waals surface area contributed by atoms with Gasteiger partial charge in [0.05, 0.1) is 23.9 Å². The normalized spacial score (nSPS) is 17.1. The maximum Gasteiger partial charge on any atom is 0.475 e. The zero-order valence-corrected chi connectivity index (χ0v) is 25.0. The van der Waals surface area contributed by atoms with E-state index in [1.54, 1.807) is 28.9 Å². The van der Waals surface area contributed by atoms with E-state index < -0.39 is 24.6 Å². The monoisotopic (exact) mass is 593 g/mol. The lowest BCUT2D eigenvalue weighted by Crippen LogP contribution is -2.56. The van der Waals surface area contributed by atoms with Gasteiger partial charge in [-0.2, -0.15) is 5.10 Å². The molecule has 12 heteroatoms. The maximum atomic E-state index is 13.7. The van der Waals surface area contributed by atoms with Gasteiger partial charge >= 0.3 is 7.12 Å². The van der Waals surface area contributed by atoms with E-state index in [-0.39, 0.29) is 37.3 Å². The second-order valence-electron chi connectivity index (χ2n) is 11.4. The van der Waals surface area contributed by atoms with Gasteiger partial charge in [-0.1, -0.05) is 73.1 Å². The number of oxime groups is 1. The Morgan fingerprint density at radius 2 is 1.83 bits per heavy atom. The van der Waals surface area contributed by atoms with E-state index in [0.29, 0.717) is 28.5 Å². The molecule has 4 N–H and O–H groups in total. The molecule has 1 unspecified atom stereocenters. The van der Waals surface area contributed by atoms with E-state index in [4.69, 9.17) is 16.4 Å². The van der Waals surface area contributed by atoms with E-state index in [9.17, 15) is 19.6 Å². The molecule has 0 radical (unpaired) electrons. The summed E-state index contributed by atoms with van der Waals surface area (Å²) < 4.78 is 1.68. The summed E-state index contributed by atoms with van der Waals surface area (Å²) in [5.74, 6) is -1.65. The molecule has 0 saturated carbocycles. The first kappa shape index (κ1) is 31.3. The summed E-state index contributed by atoms with van der Waals surface area (Å²) in [6.07, 6.45) is 0.575. The van der Waals surface area contributed by atoms with Crippen LogP contribution < -0.4 is 10.6 Å². The highest BCUT2D eigenvalue weighted by atomic mass is 35.5. The number of hydrogen-bond acceptors (Lipinski definition) is 7. The van der Waals surface area contributed by atoms with E-state index in [1.165, 1.54) is 0 Å². The Morgan fingerprint density at radius 1 is 1.10 bits per heavy atom. The van der Waals surface area contributed by atoms with Crippen molar-refractivity contribution in [3.63, 3.8) is 0 Å².